The molecule has 1 rings (SSSR count). The second-order valence-corrected chi connectivity index (χ2v) is 7.74. The maximum atomic E-state index is 12.4. The van der Waals surface area contributed by atoms with Crippen LogP contribution in [0.25, 0.3) is 0 Å². The largest absolute Gasteiger partial charge is 0.480 e. The van der Waals surface area contributed by atoms with Gasteiger partial charge < -0.3 is 21.1 Å². The molecule has 130 valence electrons. The quantitative estimate of drug-likeness (QED) is 0.358. The molecule has 0 atom stereocenters. The number of carbonyl (C=O) groups is 4. The maximum absolute atomic E-state index is 12.4. The standard InChI is InChI=1S/C13H12I3N3O5/c1-4(20)18-11-8(14)7(13(24)17-3-6(22)23)9(15)12(10(11)16)19-5(2)21/h3H2,1-2H3,(H,17,24)(H,18,20)(H,19,21)(H,22,23). The zero-order valence-corrected chi connectivity index (χ0v) is 18.9. The molecule has 11 heteroatoms. The molecule has 0 aliphatic carbocycles. The number of halogens is 3. The summed E-state index contributed by atoms with van der Waals surface area (Å²) in [4.78, 5) is 45.9. The van der Waals surface area contributed by atoms with Crippen LogP contribution in [0.4, 0.5) is 11.4 Å². The van der Waals surface area contributed by atoms with Crippen LogP contribution in [0, 0.1) is 10.7 Å². The van der Waals surface area contributed by atoms with Gasteiger partial charge >= 0.3 is 5.97 Å². The van der Waals surface area contributed by atoms with Crippen LogP contribution < -0.4 is 16.0 Å². The van der Waals surface area contributed by atoms with E-state index in [9.17, 15) is 19.2 Å². The normalized spacial score (nSPS) is 10.0. The van der Waals surface area contributed by atoms with E-state index in [0.29, 0.717) is 22.1 Å². The highest BCUT2D eigenvalue weighted by Gasteiger charge is 2.25. The van der Waals surface area contributed by atoms with E-state index in [2.05, 4.69) is 16.0 Å². The molecule has 8 nitrogen and oxygen atoms in total. The number of carboxylic acids is 1. The molecule has 1 aromatic rings. The number of nitrogens with one attached hydrogen (secondary N) is 3. The number of hydrogen-bond acceptors (Lipinski definition) is 4. The van der Waals surface area contributed by atoms with Crippen molar-refractivity contribution in [2.24, 2.45) is 0 Å². The monoisotopic (exact) mass is 671 g/mol. The van der Waals surface area contributed by atoms with Crippen molar-refractivity contribution in [2.45, 2.75) is 13.8 Å². The Morgan fingerprint density at radius 1 is 0.875 bits per heavy atom. The number of benzene rings is 1. The Morgan fingerprint density at radius 3 is 1.62 bits per heavy atom. The number of rotatable bonds is 5. The van der Waals surface area contributed by atoms with Gasteiger partial charge in [-0.15, -0.1) is 0 Å². The van der Waals surface area contributed by atoms with E-state index in [1.165, 1.54) is 13.8 Å². The average molecular weight is 671 g/mol. The fraction of sp³-hybridized carbons (Fsp3) is 0.231. The van der Waals surface area contributed by atoms with Crippen molar-refractivity contribution in [1.29, 1.82) is 0 Å². The predicted octanol–water partition coefficient (Wildman–Crippen LogP) is 2.23. The minimum absolute atomic E-state index is 0.186. The van der Waals surface area contributed by atoms with Crippen molar-refractivity contribution < 1.29 is 24.3 Å². The molecule has 0 aliphatic rings. The van der Waals surface area contributed by atoms with Crippen molar-refractivity contribution in [3.63, 3.8) is 0 Å². The number of amides is 3. The van der Waals surface area contributed by atoms with E-state index in [1.807, 2.05) is 67.8 Å². The fourth-order valence-corrected chi connectivity index (χ4v) is 5.87. The van der Waals surface area contributed by atoms with Gasteiger partial charge in [0.1, 0.15) is 6.54 Å². The molecular weight excluding hydrogens is 659 g/mol. The van der Waals surface area contributed by atoms with Crippen LogP contribution in [-0.2, 0) is 14.4 Å². The van der Waals surface area contributed by atoms with Crippen molar-refractivity contribution in [1.82, 2.24) is 5.32 Å². The first-order valence-corrected chi connectivity index (χ1v) is 9.55. The second kappa shape index (κ2) is 9.12. The lowest BCUT2D eigenvalue weighted by Gasteiger charge is -2.19. The summed E-state index contributed by atoms with van der Waals surface area (Å²) in [5.41, 5.74) is 0.951. The first kappa shape index (κ1) is 21.3. The maximum Gasteiger partial charge on any atom is 0.322 e. The number of carboxylic acid groups (broad SMARTS) is 1. The highest BCUT2D eigenvalue weighted by Crippen LogP contribution is 2.38. The number of hydrogen-bond donors (Lipinski definition) is 4. The summed E-state index contributed by atoms with van der Waals surface area (Å²) < 4.78 is 1.48. The summed E-state index contributed by atoms with van der Waals surface area (Å²) in [5.74, 6) is -2.46. The summed E-state index contributed by atoms with van der Waals surface area (Å²) in [5, 5.41) is 16.3. The molecule has 0 fully saturated rings. The van der Waals surface area contributed by atoms with E-state index in [0.717, 1.165) is 0 Å². The zero-order chi connectivity index (χ0) is 18.6. The Labute approximate surface area is 178 Å². The number of carbonyl (C=O) groups excluding carboxylic acids is 3. The molecule has 0 bridgehead atoms. The summed E-state index contributed by atoms with van der Waals surface area (Å²) in [6.45, 7) is 2.11. The molecular formula is C13H12I3N3O5. The predicted molar refractivity (Wildman–Crippen MR) is 113 cm³/mol. The lowest BCUT2D eigenvalue weighted by molar-refractivity contribution is -0.135. The molecule has 3 amide bonds. The Bertz CT molecular complexity index is 693. The van der Waals surface area contributed by atoms with E-state index in [4.69, 9.17) is 5.11 Å². The Hall–Kier alpha value is -0.710. The summed E-state index contributed by atoms with van der Waals surface area (Å²) in [6.07, 6.45) is 0. The average Bonchev–Trinajstić information content (AvgIpc) is 2.45. The second-order valence-electron chi connectivity index (χ2n) is 4.51. The van der Waals surface area contributed by atoms with Gasteiger partial charge in [-0.1, -0.05) is 0 Å². The number of anilines is 2. The third kappa shape index (κ3) is 5.40. The van der Waals surface area contributed by atoms with Crippen LogP contribution in [0.5, 0.6) is 0 Å². The minimum atomic E-state index is -1.18. The highest BCUT2D eigenvalue weighted by molar-refractivity contribution is 14.1. The van der Waals surface area contributed by atoms with Gasteiger partial charge in [0.05, 0.1) is 27.6 Å². The Morgan fingerprint density at radius 2 is 1.29 bits per heavy atom. The molecule has 0 unspecified atom stereocenters. The van der Waals surface area contributed by atoms with Crippen LogP contribution in [0.3, 0.4) is 0 Å². The van der Waals surface area contributed by atoms with Gasteiger partial charge in [-0.3, -0.25) is 19.2 Å². The topological polar surface area (TPSA) is 125 Å². The molecule has 0 saturated heterocycles. The lowest BCUT2D eigenvalue weighted by atomic mass is 10.1. The smallest absolute Gasteiger partial charge is 0.322 e. The van der Waals surface area contributed by atoms with Crippen LogP contribution in [0.1, 0.15) is 24.2 Å². The van der Waals surface area contributed by atoms with Gasteiger partial charge in [-0.05, 0) is 67.8 Å². The summed E-state index contributed by atoms with van der Waals surface area (Å²) in [6, 6.07) is 0. The molecule has 1 aromatic carbocycles. The molecule has 24 heavy (non-hydrogen) atoms. The van der Waals surface area contributed by atoms with Gasteiger partial charge in [0, 0.05) is 13.8 Å². The van der Waals surface area contributed by atoms with E-state index in [-0.39, 0.29) is 17.4 Å². The van der Waals surface area contributed by atoms with Crippen molar-refractivity contribution in [3.8, 4) is 0 Å². The van der Waals surface area contributed by atoms with Crippen LogP contribution in [0.2, 0.25) is 0 Å². The SMILES string of the molecule is CC(=O)Nc1c(I)c(NC(C)=O)c(I)c(C(=O)NCC(=O)O)c1I. The van der Waals surface area contributed by atoms with Crippen molar-refractivity contribution >= 4 is 103 Å². The van der Waals surface area contributed by atoms with Gasteiger partial charge in [-0.2, -0.15) is 0 Å². The van der Waals surface area contributed by atoms with E-state index >= 15 is 0 Å². The molecule has 0 aliphatic heterocycles. The highest BCUT2D eigenvalue weighted by atomic mass is 127. The van der Waals surface area contributed by atoms with E-state index < -0.39 is 18.4 Å². The van der Waals surface area contributed by atoms with Crippen LogP contribution >= 0.6 is 67.8 Å². The van der Waals surface area contributed by atoms with Crippen LogP contribution in [0.15, 0.2) is 0 Å². The first-order chi connectivity index (χ1) is 11.1. The molecule has 0 saturated carbocycles. The molecule has 0 heterocycles. The van der Waals surface area contributed by atoms with Crippen molar-refractivity contribution in [3.05, 3.63) is 16.3 Å². The summed E-state index contributed by atoms with van der Waals surface area (Å²) in [7, 11) is 0. The minimum Gasteiger partial charge on any atom is -0.480 e. The van der Waals surface area contributed by atoms with Crippen LogP contribution in [-0.4, -0.2) is 35.3 Å². The Kier molecular flexibility index (Phi) is 8.10. The fourth-order valence-electron chi connectivity index (χ4n) is 1.68. The molecule has 0 spiro atoms. The first-order valence-electron chi connectivity index (χ1n) is 6.31. The van der Waals surface area contributed by atoms with Gasteiger partial charge in [0.15, 0.2) is 0 Å². The van der Waals surface area contributed by atoms with Gasteiger partial charge in [0.25, 0.3) is 5.91 Å². The molecule has 4 N–H and O–H groups in total. The zero-order valence-electron chi connectivity index (χ0n) is 12.4. The Balaban J connectivity index is 3.55. The summed E-state index contributed by atoms with van der Waals surface area (Å²) >= 11 is 5.77. The third-order valence-corrected chi connectivity index (χ3v) is 5.78. The number of aliphatic carboxylic acids is 1. The van der Waals surface area contributed by atoms with Gasteiger partial charge in [0.2, 0.25) is 11.8 Å². The molecule has 0 radical (unpaired) electrons. The van der Waals surface area contributed by atoms with Crippen molar-refractivity contribution in [2.75, 3.05) is 17.2 Å². The third-order valence-electron chi connectivity index (χ3n) is 2.55. The molecule has 0 aromatic heterocycles. The van der Waals surface area contributed by atoms with E-state index in [1.54, 1.807) is 0 Å². The lowest BCUT2D eigenvalue weighted by Crippen LogP contribution is -2.31. The van der Waals surface area contributed by atoms with Gasteiger partial charge in [-0.25, -0.2) is 0 Å².